The van der Waals surface area contributed by atoms with Crippen LogP contribution in [0.4, 0.5) is 0 Å². The van der Waals surface area contributed by atoms with Crippen molar-refractivity contribution in [1.82, 2.24) is 4.90 Å². The lowest BCUT2D eigenvalue weighted by molar-refractivity contribution is -0.134. The Bertz CT molecular complexity index is 410. The number of aryl methyl sites for hydroxylation is 2. The quantitative estimate of drug-likeness (QED) is 0.696. The van der Waals surface area contributed by atoms with Gasteiger partial charge in [0.15, 0.2) is 0 Å². The van der Waals surface area contributed by atoms with E-state index in [0.29, 0.717) is 25.6 Å². The van der Waals surface area contributed by atoms with Gasteiger partial charge in [-0.1, -0.05) is 43.7 Å². The molecule has 0 aliphatic carbocycles. The second-order valence-electron chi connectivity index (χ2n) is 5.54. The predicted octanol–water partition coefficient (Wildman–Crippen LogP) is 3.59. The number of carbonyl (C=O) groups excluding carboxylic acids is 1. The van der Waals surface area contributed by atoms with Crippen LogP contribution in [0.25, 0.3) is 0 Å². The molecule has 3 heteroatoms. The molecule has 1 rings (SSSR count). The van der Waals surface area contributed by atoms with Crippen molar-refractivity contribution in [2.75, 3.05) is 20.3 Å². The molecule has 1 aromatic carbocycles. The molecule has 0 heterocycles. The molecule has 21 heavy (non-hydrogen) atoms. The van der Waals surface area contributed by atoms with Gasteiger partial charge in [0.25, 0.3) is 0 Å². The molecule has 1 aromatic rings. The van der Waals surface area contributed by atoms with Gasteiger partial charge in [0.1, 0.15) is 0 Å². The summed E-state index contributed by atoms with van der Waals surface area (Å²) in [6, 6.07) is 8.75. The van der Waals surface area contributed by atoms with E-state index in [2.05, 4.69) is 45.0 Å². The van der Waals surface area contributed by atoms with Crippen LogP contribution in [0.1, 0.15) is 44.2 Å². The molecule has 0 aliphatic heterocycles. The summed E-state index contributed by atoms with van der Waals surface area (Å²) in [6.45, 7) is 7.65. The van der Waals surface area contributed by atoms with Gasteiger partial charge >= 0.3 is 0 Å². The molecule has 0 radical (unpaired) electrons. The molecule has 0 bridgehead atoms. The van der Waals surface area contributed by atoms with Crippen molar-refractivity contribution in [3.63, 3.8) is 0 Å². The van der Waals surface area contributed by atoms with Crippen LogP contribution in [0.5, 0.6) is 0 Å². The summed E-state index contributed by atoms with van der Waals surface area (Å²) in [4.78, 5) is 14.5. The number of carbonyl (C=O) groups is 1. The lowest BCUT2D eigenvalue weighted by Gasteiger charge is -2.30. The first-order valence-electron chi connectivity index (χ1n) is 7.96. The number of benzene rings is 1. The number of ether oxygens (including phenoxy) is 1. The van der Waals surface area contributed by atoms with Gasteiger partial charge in [-0.05, 0) is 31.7 Å². The molecule has 1 amide bonds. The third-order valence-electron chi connectivity index (χ3n) is 3.99. The van der Waals surface area contributed by atoms with Crippen molar-refractivity contribution in [3.8, 4) is 0 Å². The van der Waals surface area contributed by atoms with Crippen molar-refractivity contribution >= 4 is 5.91 Å². The molecule has 0 N–H and O–H groups in total. The second-order valence-corrected chi connectivity index (χ2v) is 5.54. The molecule has 0 spiro atoms. The van der Waals surface area contributed by atoms with Crippen LogP contribution < -0.4 is 0 Å². The number of methoxy groups -OCH3 is 1. The first-order chi connectivity index (χ1) is 10.1. The predicted molar refractivity (Wildman–Crippen MR) is 87.5 cm³/mol. The van der Waals surface area contributed by atoms with E-state index in [-0.39, 0.29) is 5.91 Å². The molecule has 118 valence electrons. The largest absolute Gasteiger partial charge is 0.383 e. The van der Waals surface area contributed by atoms with Crippen LogP contribution in [0.3, 0.4) is 0 Å². The van der Waals surface area contributed by atoms with Crippen molar-refractivity contribution in [2.24, 2.45) is 0 Å². The highest BCUT2D eigenvalue weighted by molar-refractivity contribution is 5.76. The van der Waals surface area contributed by atoms with Gasteiger partial charge in [-0.25, -0.2) is 0 Å². The number of amides is 1. The van der Waals surface area contributed by atoms with Crippen LogP contribution in [0, 0.1) is 6.92 Å². The third kappa shape index (κ3) is 5.88. The van der Waals surface area contributed by atoms with Gasteiger partial charge in [0.2, 0.25) is 5.91 Å². The SMILES string of the molecule is CCC(CC)N(CCOC)C(=O)CCc1ccc(C)cc1. The maximum Gasteiger partial charge on any atom is 0.223 e. The van der Waals surface area contributed by atoms with E-state index in [1.807, 2.05) is 4.90 Å². The Morgan fingerprint density at radius 3 is 2.33 bits per heavy atom. The highest BCUT2D eigenvalue weighted by atomic mass is 16.5. The Kier molecular flexibility index (Phi) is 8.06. The summed E-state index contributed by atoms with van der Waals surface area (Å²) in [7, 11) is 1.68. The number of rotatable bonds is 9. The third-order valence-corrected chi connectivity index (χ3v) is 3.99. The summed E-state index contributed by atoms with van der Waals surface area (Å²) >= 11 is 0. The van der Waals surface area contributed by atoms with Crippen molar-refractivity contribution < 1.29 is 9.53 Å². The lowest BCUT2D eigenvalue weighted by Crippen LogP contribution is -2.41. The lowest BCUT2D eigenvalue weighted by atomic mass is 10.1. The van der Waals surface area contributed by atoms with Crippen molar-refractivity contribution in [1.29, 1.82) is 0 Å². The van der Waals surface area contributed by atoms with Gasteiger partial charge in [-0.3, -0.25) is 4.79 Å². The molecule has 0 aromatic heterocycles. The molecule has 0 atom stereocenters. The smallest absolute Gasteiger partial charge is 0.223 e. The fourth-order valence-corrected chi connectivity index (χ4v) is 2.58. The molecule has 3 nitrogen and oxygen atoms in total. The first kappa shape index (κ1) is 17.7. The zero-order chi connectivity index (χ0) is 15.7. The van der Waals surface area contributed by atoms with Crippen molar-refractivity contribution in [3.05, 3.63) is 35.4 Å². The highest BCUT2D eigenvalue weighted by Crippen LogP contribution is 2.13. The van der Waals surface area contributed by atoms with Gasteiger partial charge in [0, 0.05) is 26.1 Å². The minimum absolute atomic E-state index is 0.237. The molecular weight excluding hydrogens is 262 g/mol. The summed E-state index contributed by atoms with van der Waals surface area (Å²) in [5.74, 6) is 0.237. The van der Waals surface area contributed by atoms with E-state index >= 15 is 0 Å². The molecule has 0 saturated heterocycles. The number of hydrogen-bond acceptors (Lipinski definition) is 2. The summed E-state index contributed by atoms with van der Waals surface area (Å²) in [6.07, 6.45) is 3.37. The molecular formula is C18H29NO2. The van der Waals surface area contributed by atoms with E-state index < -0.39 is 0 Å². The van der Waals surface area contributed by atoms with Gasteiger partial charge < -0.3 is 9.64 Å². The average molecular weight is 291 g/mol. The maximum absolute atomic E-state index is 12.5. The van der Waals surface area contributed by atoms with Gasteiger partial charge in [-0.15, -0.1) is 0 Å². The minimum atomic E-state index is 0.237. The number of hydrogen-bond donors (Lipinski definition) is 0. The van der Waals surface area contributed by atoms with E-state index in [1.54, 1.807) is 7.11 Å². The van der Waals surface area contributed by atoms with E-state index in [4.69, 9.17) is 4.74 Å². The first-order valence-corrected chi connectivity index (χ1v) is 7.96. The Balaban J connectivity index is 2.60. The normalized spacial score (nSPS) is 10.9. The van der Waals surface area contributed by atoms with E-state index in [9.17, 15) is 4.79 Å². The highest BCUT2D eigenvalue weighted by Gasteiger charge is 2.20. The standard InChI is InChI=1S/C18H29NO2/c1-5-17(6-2)19(13-14-21-4)18(20)12-11-16-9-7-15(3)8-10-16/h7-10,17H,5-6,11-14H2,1-4H3. The Morgan fingerprint density at radius 1 is 1.19 bits per heavy atom. The molecule has 0 unspecified atom stereocenters. The Labute approximate surface area is 129 Å². The average Bonchev–Trinajstić information content (AvgIpc) is 2.50. The molecule has 0 saturated carbocycles. The fraction of sp³-hybridized carbons (Fsp3) is 0.611. The topological polar surface area (TPSA) is 29.5 Å². The van der Waals surface area contributed by atoms with Gasteiger partial charge in [-0.2, -0.15) is 0 Å². The fourth-order valence-electron chi connectivity index (χ4n) is 2.58. The summed E-state index contributed by atoms with van der Waals surface area (Å²) in [5, 5.41) is 0. The molecule has 0 aliphatic rings. The Morgan fingerprint density at radius 2 is 1.81 bits per heavy atom. The van der Waals surface area contributed by atoms with Crippen LogP contribution in [0.15, 0.2) is 24.3 Å². The van der Waals surface area contributed by atoms with Crippen LogP contribution in [0.2, 0.25) is 0 Å². The second kappa shape index (κ2) is 9.56. The van der Waals surface area contributed by atoms with Crippen LogP contribution in [-0.4, -0.2) is 37.1 Å². The van der Waals surface area contributed by atoms with E-state index in [0.717, 1.165) is 19.3 Å². The number of nitrogens with zero attached hydrogens (tertiary/aromatic N) is 1. The zero-order valence-corrected chi connectivity index (χ0v) is 13.9. The van der Waals surface area contributed by atoms with E-state index in [1.165, 1.54) is 11.1 Å². The van der Waals surface area contributed by atoms with Crippen LogP contribution >= 0.6 is 0 Å². The van der Waals surface area contributed by atoms with Crippen molar-refractivity contribution in [2.45, 2.75) is 52.5 Å². The van der Waals surface area contributed by atoms with Crippen LogP contribution in [-0.2, 0) is 16.0 Å². The molecule has 0 fully saturated rings. The summed E-state index contributed by atoms with van der Waals surface area (Å²) < 4.78 is 5.14. The van der Waals surface area contributed by atoms with Gasteiger partial charge in [0.05, 0.1) is 6.61 Å². The maximum atomic E-state index is 12.5. The Hall–Kier alpha value is -1.35. The monoisotopic (exact) mass is 291 g/mol. The summed E-state index contributed by atoms with van der Waals surface area (Å²) in [5.41, 5.74) is 2.48. The zero-order valence-electron chi connectivity index (χ0n) is 13.9. The minimum Gasteiger partial charge on any atom is -0.383 e.